The topological polar surface area (TPSA) is 60.8 Å². The molecule has 0 unspecified atom stereocenters. The van der Waals surface area contributed by atoms with Crippen molar-refractivity contribution < 1.29 is 15.0 Å². The van der Waals surface area contributed by atoms with Crippen LogP contribution in [0.5, 0.6) is 5.75 Å². The lowest BCUT2D eigenvalue weighted by Crippen LogP contribution is -2.36. The van der Waals surface area contributed by atoms with Crippen LogP contribution in [-0.4, -0.2) is 34.2 Å². The van der Waals surface area contributed by atoms with Crippen LogP contribution in [0.25, 0.3) is 0 Å². The summed E-state index contributed by atoms with van der Waals surface area (Å²) in [5, 5.41) is 19.1. The molecule has 0 saturated heterocycles. The van der Waals surface area contributed by atoms with Gasteiger partial charge in [-0.1, -0.05) is 26.0 Å². The molecule has 0 heterocycles. The molecular weight excluding hydrogens is 230 g/mol. The van der Waals surface area contributed by atoms with Gasteiger partial charge in [0.1, 0.15) is 11.9 Å². The molecule has 0 fully saturated rings. The van der Waals surface area contributed by atoms with E-state index in [0.717, 1.165) is 5.56 Å². The molecule has 100 valence electrons. The Labute approximate surface area is 108 Å². The van der Waals surface area contributed by atoms with Gasteiger partial charge in [-0.2, -0.15) is 0 Å². The first kappa shape index (κ1) is 14.5. The number of hydrogen-bond donors (Lipinski definition) is 2. The predicted octanol–water partition coefficient (Wildman–Crippen LogP) is 1.76. The number of phenolic OH excluding ortho intramolecular Hbond substituents is 1. The average molecular weight is 251 g/mol. The van der Waals surface area contributed by atoms with Gasteiger partial charge in [-0.15, -0.1) is 0 Å². The first-order valence-corrected chi connectivity index (χ1v) is 6.11. The fourth-order valence-corrected chi connectivity index (χ4v) is 1.81. The third-order valence-electron chi connectivity index (χ3n) is 2.69. The molecule has 0 spiro atoms. The van der Waals surface area contributed by atoms with Crippen molar-refractivity contribution in [3.63, 3.8) is 0 Å². The second-order valence-electron chi connectivity index (χ2n) is 5.01. The van der Waals surface area contributed by atoms with Gasteiger partial charge in [0.25, 0.3) is 5.91 Å². The zero-order valence-corrected chi connectivity index (χ0v) is 11.1. The number of carbonyl (C=O) groups excluding carboxylic acids is 1. The van der Waals surface area contributed by atoms with Gasteiger partial charge in [0.2, 0.25) is 0 Å². The first-order valence-electron chi connectivity index (χ1n) is 6.11. The minimum Gasteiger partial charge on any atom is -0.508 e. The fourth-order valence-electron chi connectivity index (χ4n) is 1.81. The van der Waals surface area contributed by atoms with Crippen LogP contribution in [0.2, 0.25) is 0 Å². The van der Waals surface area contributed by atoms with Crippen LogP contribution in [0.3, 0.4) is 0 Å². The molecule has 0 aromatic heterocycles. The number of amides is 1. The Morgan fingerprint density at radius 1 is 1.39 bits per heavy atom. The van der Waals surface area contributed by atoms with Gasteiger partial charge < -0.3 is 15.1 Å². The summed E-state index contributed by atoms with van der Waals surface area (Å²) < 4.78 is 0. The number of nitrogens with zero attached hydrogens (tertiary/aromatic N) is 1. The molecule has 0 aliphatic rings. The smallest absolute Gasteiger partial charge is 0.251 e. The van der Waals surface area contributed by atoms with Crippen LogP contribution in [0, 0.1) is 5.92 Å². The van der Waals surface area contributed by atoms with Crippen molar-refractivity contribution in [1.29, 1.82) is 0 Å². The molecule has 0 aliphatic carbocycles. The van der Waals surface area contributed by atoms with Crippen LogP contribution in [0.15, 0.2) is 24.3 Å². The summed E-state index contributed by atoms with van der Waals surface area (Å²) in [4.78, 5) is 13.4. The van der Waals surface area contributed by atoms with E-state index in [1.54, 1.807) is 25.2 Å². The average Bonchev–Trinajstić information content (AvgIpc) is 2.27. The van der Waals surface area contributed by atoms with Crippen LogP contribution in [0.4, 0.5) is 0 Å². The van der Waals surface area contributed by atoms with Crippen molar-refractivity contribution in [2.24, 2.45) is 5.92 Å². The number of carbonyl (C=O) groups is 1. The molecule has 1 aromatic carbocycles. The number of benzene rings is 1. The van der Waals surface area contributed by atoms with Crippen LogP contribution in [0.1, 0.15) is 25.8 Å². The maximum absolute atomic E-state index is 11.9. The number of hydrogen-bond acceptors (Lipinski definition) is 3. The molecule has 0 bridgehead atoms. The van der Waals surface area contributed by atoms with Crippen molar-refractivity contribution in [2.45, 2.75) is 32.9 Å². The van der Waals surface area contributed by atoms with Crippen LogP contribution < -0.4 is 0 Å². The molecule has 1 amide bonds. The molecule has 4 nitrogen and oxygen atoms in total. The highest BCUT2D eigenvalue weighted by Gasteiger charge is 2.20. The van der Waals surface area contributed by atoms with E-state index in [2.05, 4.69) is 0 Å². The van der Waals surface area contributed by atoms with Gasteiger partial charge in [-0.3, -0.25) is 4.79 Å². The number of aliphatic hydroxyl groups is 1. The Morgan fingerprint density at radius 2 is 2.06 bits per heavy atom. The Hall–Kier alpha value is -1.55. The van der Waals surface area contributed by atoms with E-state index in [1.165, 1.54) is 4.90 Å². The summed E-state index contributed by atoms with van der Waals surface area (Å²) in [6, 6.07) is 6.75. The maximum Gasteiger partial charge on any atom is 0.251 e. The zero-order chi connectivity index (χ0) is 13.7. The highest BCUT2D eigenvalue weighted by molar-refractivity contribution is 5.80. The highest BCUT2D eigenvalue weighted by atomic mass is 16.3. The van der Waals surface area contributed by atoms with E-state index >= 15 is 0 Å². The number of phenols is 1. The van der Waals surface area contributed by atoms with Gasteiger partial charge in [-0.05, 0) is 30.0 Å². The molecular formula is C14H21NO3. The molecule has 0 saturated carbocycles. The summed E-state index contributed by atoms with van der Waals surface area (Å²) in [5.74, 6) is 0.168. The molecule has 0 radical (unpaired) electrons. The number of rotatable bonds is 5. The van der Waals surface area contributed by atoms with Crippen molar-refractivity contribution >= 4 is 5.91 Å². The lowest BCUT2D eigenvalue weighted by Gasteiger charge is -2.21. The van der Waals surface area contributed by atoms with E-state index in [1.807, 2.05) is 19.9 Å². The Balaban J connectivity index is 2.59. The van der Waals surface area contributed by atoms with Crippen LogP contribution >= 0.6 is 0 Å². The molecule has 1 atom stereocenters. The summed E-state index contributed by atoms with van der Waals surface area (Å²) >= 11 is 0. The lowest BCUT2D eigenvalue weighted by molar-refractivity contribution is -0.140. The van der Waals surface area contributed by atoms with Crippen molar-refractivity contribution in [1.82, 2.24) is 4.90 Å². The highest BCUT2D eigenvalue weighted by Crippen LogP contribution is 2.14. The molecule has 1 aromatic rings. The van der Waals surface area contributed by atoms with Crippen molar-refractivity contribution in [3.8, 4) is 5.75 Å². The van der Waals surface area contributed by atoms with Gasteiger partial charge in [0.05, 0.1) is 0 Å². The third kappa shape index (κ3) is 4.37. The van der Waals surface area contributed by atoms with E-state index in [0.29, 0.717) is 13.0 Å². The largest absolute Gasteiger partial charge is 0.508 e. The van der Waals surface area contributed by atoms with Crippen molar-refractivity contribution in [2.75, 3.05) is 7.05 Å². The monoisotopic (exact) mass is 251 g/mol. The molecule has 0 aliphatic heterocycles. The zero-order valence-electron chi connectivity index (χ0n) is 11.1. The van der Waals surface area contributed by atoms with Crippen molar-refractivity contribution in [3.05, 3.63) is 29.8 Å². The fraction of sp³-hybridized carbons (Fsp3) is 0.500. The second kappa shape index (κ2) is 6.40. The third-order valence-corrected chi connectivity index (χ3v) is 2.69. The first-order chi connectivity index (χ1) is 8.40. The molecule has 1 rings (SSSR count). The van der Waals surface area contributed by atoms with E-state index in [4.69, 9.17) is 0 Å². The summed E-state index contributed by atoms with van der Waals surface area (Å²) in [7, 11) is 1.65. The molecule has 4 heteroatoms. The van der Waals surface area contributed by atoms with Gasteiger partial charge in [0.15, 0.2) is 0 Å². The maximum atomic E-state index is 11.9. The number of aromatic hydroxyl groups is 1. The Kier molecular flexibility index (Phi) is 5.16. The standard InChI is InChI=1S/C14H21NO3/c1-10(2)7-13(17)14(18)15(3)9-11-5-4-6-12(16)8-11/h4-6,8,10,13,16-17H,7,9H2,1-3H3/t13-/m0/s1. The number of likely N-dealkylation sites (N-methyl/N-ethyl adjacent to an activating group) is 1. The second-order valence-corrected chi connectivity index (χ2v) is 5.01. The summed E-state index contributed by atoms with van der Waals surface area (Å²) in [5.41, 5.74) is 0.836. The van der Waals surface area contributed by atoms with Crippen LogP contribution in [-0.2, 0) is 11.3 Å². The molecule has 18 heavy (non-hydrogen) atoms. The van der Waals surface area contributed by atoms with Gasteiger partial charge in [-0.25, -0.2) is 0 Å². The minimum atomic E-state index is -0.952. The summed E-state index contributed by atoms with van der Waals surface area (Å²) in [6.07, 6.45) is -0.490. The minimum absolute atomic E-state index is 0.177. The van der Waals surface area contributed by atoms with Gasteiger partial charge in [0, 0.05) is 13.6 Å². The lowest BCUT2D eigenvalue weighted by atomic mass is 10.1. The van der Waals surface area contributed by atoms with Gasteiger partial charge >= 0.3 is 0 Å². The quantitative estimate of drug-likeness (QED) is 0.838. The summed E-state index contributed by atoms with van der Waals surface area (Å²) in [6.45, 7) is 4.31. The normalized spacial score (nSPS) is 12.5. The predicted molar refractivity (Wildman–Crippen MR) is 70.0 cm³/mol. The Bertz CT molecular complexity index is 404. The SMILES string of the molecule is CC(C)C[C@H](O)C(=O)N(C)Cc1cccc(O)c1. The molecule has 2 N–H and O–H groups in total. The van der Waals surface area contributed by atoms with E-state index in [-0.39, 0.29) is 17.6 Å². The van der Waals surface area contributed by atoms with E-state index in [9.17, 15) is 15.0 Å². The Morgan fingerprint density at radius 3 is 2.61 bits per heavy atom. The van der Waals surface area contributed by atoms with E-state index < -0.39 is 6.10 Å². The number of aliphatic hydroxyl groups excluding tert-OH is 1.